The lowest BCUT2D eigenvalue weighted by atomic mass is 9.94. The molecule has 0 aromatic carbocycles. The van der Waals surface area contributed by atoms with Crippen molar-refractivity contribution in [3.63, 3.8) is 0 Å². The Morgan fingerprint density at radius 3 is 2.84 bits per heavy atom. The van der Waals surface area contributed by atoms with Crippen molar-refractivity contribution < 1.29 is 9.59 Å². The lowest BCUT2D eigenvalue weighted by molar-refractivity contribution is -0.136. The summed E-state index contributed by atoms with van der Waals surface area (Å²) in [7, 11) is 0. The van der Waals surface area contributed by atoms with Crippen molar-refractivity contribution in [2.75, 3.05) is 11.9 Å². The van der Waals surface area contributed by atoms with Crippen LogP contribution in [0, 0.1) is 17.8 Å². The van der Waals surface area contributed by atoms with Crippen LogP contribution in [-0.2, 0) is 9.59 Å². The highest BCUT2D eigenvalue weighted by atomic mass is 16.2. The van der Waals surface area contributed by atoms with Gasteiger partial charge in [-0.3, -0.25) is 14.7 Å². The Bertz CT molecular complexity index is 509. The number of H-pyrrole nitrogens is 1. The van der Waals surface area contributed by atoms with Crippen LogP contribution in [0.5, 0.6) is 0 Å². The zero-order valence-corrected chi connectivity index (χ0v) is 10.4. The molecular formula is C13H16N4O2. The second kappa shape index (κ2) is 4.87. The van der Waals surface area contributed by atoms with E-state index in [4.69, 9.17) is 0 Å². The number of aromatic amines is 1. The number of anilines is 1. The minimum absolute atomic E-state index is 0.419. The summed E-state index contributed by atoms with van der Waals surface area (Å²) in [4.78, 5) is 23.2. The first-order chi connectivity index (χ1) is 9.22. The Morgan fingerprint density at radius 1 is 1.32 bits per heavy atom. The fourth-order valence-electron chi connectivity index (χ4n) is 2.94. The smallest absolute Gasteiger partial charge is 0.314 e. The maximum absolute atomic E-state index is 11.7. The third kappa shape index (κ3) is 2.52. The number of hydrogen-bond acceptors (Lipinski definition) is 3. The zero-order valence-electron chi connectivity index (χ0n) is 10.4. The summed E-state index contributed by atoms with van der Waals surface area (Å²) >= 11 is 0. The van der Waals surface area contributed by atoms with E-state index in [1.54, 1.807) is 6.07 Å². The molecule has 1 fully saturated rings. The van der Waals surface area contributed by atoms with Gasteiger partial charge in [-0.15, -0.1) is 0 Å². The summed E-state index contributed by atoms with van der Waals surface area (Å²) in [5.41, 5.74) is 0. The lowest BCUT2D eigenvalue weighted by Gasteiger charge is -2.18. The van der Waals surface area contributed by atoms with Crippen LogP contribution in [-0.4, -0.2) is 28.6 Å². The van der Waals surface area contributed by atoms with Crippen molar-refractivity contribution in [2.45, 2.75) is 12.8 Å². The van der Waals surface area contributed by atoms with Crippen molar-refractivity contribution in [1.29, 1.82) is 0 Å². The largest absolute Gasteiger partial charge is 0.348 e. The van der Waals surface area contributed by atoms with Gasteiger partial charge in [0.2, 0.25) is 0 Å². The van der Waals surface area contributed by atoms with Gasteiger partial charge in [-0.1, -0.05) is 12.2 Å². The van der Waals surface area contributed by atoms with Gasteiger partial charge in [-0.2, -0.15) is 5.10 Å². The van der Waals surface area contributed by atoms with Crippen molar-refractivity contribution in [1.82, 2.24) is 15.5 Å². The summed E-state index contributed by atoms with van der Waals surface area (Å²) in [5.74, 6) is 0.873. The third-order valence-corrected chi connectivity index (χ3v) is 3.90. The van der Waals surface area contributed by atoms with Crippen molar-refractivity contribution in [3.8, 4) is 0 Å². The molecule has 1 aromatic heterocycles. The molecule has 2 aliphatic carbocycles. The first-order valence-corrected chi connectivity index (χ1v) is 6.49. The molecule has 0 aliphatic heterocycles. The van der Waals surface area contributed by atoms with Crippen molar-refractivity contribution >= 4 is 17.6 Å². The molecule has 0 unspecified atom stereocenters. The lowest BCUT2D eigenvalue weighted by Crippen LogP contribution is -2.38. The standard InChI is InChI=1S/C13H16N4O2/c18-12(13(19)16-11-3-4-15-17-11)14-7-10-6-8-1-2-9(10)5-8/h1-4,8-10H,5-7H2,(H,14,18)(H2,15,16,17,19)/t8-,9-,10-/m0/s1. The van der Waals surface area contributed by atoms with Crippen LogP contribution in [0.4, 0.5) is 5.82 Å². The molecule has 6 nitrogen and oxygen atoms in total. The minimum Gasteiger partial charge on any atom is -0.348 e. The Morgan fingerprint density at radius 2 is 2.21 bits per heavy atom. The number of fused-ring (bicyclic) bond motifs is 2. The average Bonchev–Trinajstić information content (AvgIpc) is 3.12. The second-order valence-electron chi connectivity index (χ2n) is 5.17. The van der Waals surface area contributed by atoms with Crippen LogP contribution in [0.15, 0.2) is 24.4 Å². The highest BCUT2D eigenvalue weighted by Crippen LogP contribution is 2.42. The molecule has 19 heavy (non-hydrogen) atoms. The Labute approximate surface area is 110 Å². The topological polar surface area (TPSA) is 86.9 Å². The molecule has 0 spiro atoms. The van der Waals surface area contributed by atoms with Crippen molar-refractivity contribution in [3.05, 3.63) is 24.4 Å². The molecule has 6 heteroatoms. The number of nitrogens with one attached hydrogen (secondary N) is 3. The van der Waals surface area contributed by atoms with E-state index < -0.39 is 11.8 Å². The molecule has 3 rings (SSSR count). The summed E-state index contributed by atoms with van der Waals surface area (Å²) in [6.45, 7) is 0.570. The van der Waals surface area contributed by atoms with Gasteiger partial charge in [0.25, 0.3) is 0 Å². The molecule has 2 amide bonds. The zero-order chi connectivity index (χ0) is 13.2. The fraction of sp³-hybridized carbons (Fsp3) is 0.462. The number of rotatable bonds is 3. The maximum atomic E-state index is 11.7. The summed E-state index contributed by atoms with van der Waals surface area (Å²) in [6, 6.07) is 1.59. The number of nitrogens with zero attached hydrogens (tertiary/aromatic N) is 1. The average molecular weight is 260 g/mol. The van der Waals surface area contributed by atoms with E-state index in [2.05, 4.69) is 33.0 Å². The minimum atomic E-state index is -0.664. The van der Waals surface area contributed by atoms with Crippen LogP contribution in [0.1, 0.15) is 12.8 Å². The van der Waals surface area contributed by atoms with Gasteiger partial charge >= 0.3 is 11.8 Å². The van der Waals surface area contributed by atoms with Crippen LogP contribution >= 0.6 is 0 Å². The molecule has 3 N–H and O–H groups in total. The van der Waals surface area contributed by atoms with Gasteiger partial charge in [-0.25, -0.2) is 0 Å². The predicted octanol–water partition coefficient (Wildman–Crippen LogP) is 0.677. The molecule has 100 valence electrons. The Balaban J connectivity index is 1.46. The number of hydrogen-bond donors (Lipinski definition) is 3. The quantitative estimate of drug-likeness (QED) is 0.551. The monoisotopic (exact) mass is 260 g/mol. The molecule has 0 radical (unpaired) electrons. The SMILES string of the molecule is O=C(NC[C@@H]1C[C@H]2C=C[C@H]1C2)C(=O)Nc1ccn[nH]1. The molecule has 1 aromatic rings. The highest BCUT2D eigenvalue weighted by Gasteiger charge is 2.35. The summed E-state index contributed by atoms with van der Waals surface area (Å²) < 4.78 is 0. The summed E-state index contributed by atoms with van der Waals surface area (Å²) in [6.07, 6.45) is 8.31. The van der Waals surface area contributed by atoms with E-state index in [-0.39, 0.29) is 0 Å². The van der Waals surface area contributed by atoms with Gasteiger partial charge < -0.3 is 10.6 Å². The molecule has 2 aliphatic rings. The molecular weight excluding hydrogens is 244 g/mol. The molecule has 2 bridgehead atoms. The van der Waals surface area contributed by atoms with E-state index >= 15 is 0 Å². The maximum Gasteiger partial charge on any atom is 0.314 e. The Hall–Kier alpha value is -2.11. The Kier molecular flexibility index (Phi) is 3.06. The fourth-order valence-corrected chi connectivity index (χ4v) is 2.94. The van der Waals surface area contributed by atoms with Crippen LogP contribution in [0.25, 0.3) is 0 Å². The number of carbonyl (C=O) groups is 2. The predicted molar refractivity (Wildman–Crippen MR) is 69.1 cm³/mol. The van der Waals surface area contributed by atoms with E-state index in [0.717, 1.165) is 6.42 Å². The molecule has 3 atom stereocenters. The summed E-state index contributed by atoms with van der Waals surface area (Å²) in [5, 5.41) is 11.4. The molecule has 1 heterocycles. The van der Waals surface area contributed by atoms with Crippen LogP contribution < -0.4 is 10.6 Å². The second-order valence-corrected chi connectivity index (χ2v) is 5.17. The highest BCUT2D eigenvalue weighted by molar-refractivity contribution is 6.39. The van der Waals surface area contributed by atoms with Crippen molar-refractivity contribution in [2.24, 2.45) is 17.8 Å². The number of aromatic nitrogens is 2. The van der Waals surface area contributed by atoms with E-state index in [9.17, 15) is 9.59 Å². The number of allylic oxidation sites excluding steroid dienone is 2. The first kappa shape index (κ1) is 12.0. The first-order valence-electron chi connectivity index (χ1n) is 6.49. The van der Waals surface area contributed by atoms with Gasteiger partial charge in [0.05, 0.1) is 6.20 Å². The van der Waals surface area contributed by atoms with Gasteiger partial charge in [-0.05, 0) is 30.6 Å². The normalized spacial score (nSPS) is 27.5. The molecule has 0 saturated heterocycles. The number of carbonyl (C=O) groups excluding carboxylic acids is 2. The van der Waals surface area contributed by atoms with Gasteiger partial charge in [0.1, 0.15) is 5.82 Å². The van der Waals surface area contributed by atoms with E-state index in [0.29, 0.717) is 30.1 Å². The number of amides is 2. The van der Waals surface area contributed by atoms with Gasteiger partial charge in [0, 0.05) is 12.6 Å². The van der Waals surface area contributed by atoms with E-state index in [1.165, 1.54) is 12.6 Å². The third-order valence-electron chi connectivity index (χ3n) is 3.90. The molecule has 1 saturated carbocycles. The van der Waals surface area contributed by atoms with Crippen LogP contribution in [0.2, 0.25) is 0 Å². The van der Waals surface area contributed by atoms with Crippen LogP contribution in [0.3, 0.4) is 0 Å². The van der Waals surface area contributed by atoms with Gasteiger partial charge in [0.15, 0.2) is 0 Å². The van der Waals surface area contributed by atoms with E-state index in [1.807, 2.05) is 0 Å².